The standard InChI is InChI=1S/C20H26O4S/c1-18-10-17(24)20(25-2)15(14(18)5-6-16(18)23)4-3-12-9-13(22)7-8-19(12,20)11-21/h9,14-15,21H,3-8,10-11H2,1-2H3/t14-,15-,18-,19+,20-/m0/s1. The quantitative estimate of drug-likeness (QED) is 0.818. The highest BCUT2D eigenvalue weighted by molar-refractivity contribution is 8.00. The summed E-state index contributed by atoms with van der Waals surface area (Å²) < 4.78 is -0.693. The van der Waals surface area contributed by atoms with Gasteiger partial charge in [-0.3, -0.25) is 14.4 Å². The zero-order valence-corrected chi connectivity index (χ0v) is 15.8. The van der Waals surface area contributed by atoms with Gasteiger partial charge in [0.05, 0.1) is 11.4 Å². The molecule has 0 radical (unpaired) electrons. The Hall–Kier alpha value is -0.940. The van der Waals surface area contributed by atoms with Crippen molar-refractivity contribution in [1.82, 2.24) is 0 Å². The maximum absolute atomic E-state index is 13.6. The Kier molecular flexibility index (Phi) is 3.86. The summed E-state index contributed by atoms with van der Waals surface area (Å²) in [5.41, 5.74) is -0.186. The highest BCUT2D eigenvalue weighted by atomic mass is 32.2. The Labute approximate surface area is 152 Å². The lowest BCUT2D eigenvalue weighted by atomic mass is 9.46. The summed E-state index contributed by atoms with van der Waals surface area (Å²) in [5.74, 6) is 0.787. The first-order valence-corrected chi connectivity index (χ1v) is 10.5. The molecule has 0 aliphatic heterocycles. The summed E-state index contributed by atoms with van der Waals surface area (Å²) in [5, 5.41) is 10.5. The fourth-order valence-corrected chi connectivity index (χ4v) is 8.23. The van der Waals surface area contributed by atoms with Gasteiger partial charge < -0.3 is 5.11 Å². The molecular weight excluding hydrogens is 336 g/mol. The molecule has 0 aromatic rings. The lowest BCUT2D eigenvalue weighted by Crippen LogP contribution is -2.68. The number of hydrogen-bond acceptors (Lipinski definition) is 5. The monoisotopic (exact) mass is 362 g/mol. The minimum atomic E-state index is -0.693. The normalized spacial score (nSPS) is 46.4. The third-order valence-electron chi connectivity index (χ3n) is 7.86. The van der Waals surface area contributed by atoms with Crippen LogP contribution in [-0.4, -0.2) is 40.1 Å². The third-order valence-corrected chi connectivity index (χ3v) is 9.43. The molecule has 0 aromatic carbocycles. The van der Waals surface area contributed by atoms with Crippen LogP contribution < -0.4 is 0 Å². The first kappa shape index (κ1) is 17.5. The first-order valence-electron chi connectivity index (χ1n) is 9.32. The summed E-state index contributed by atoms with van der Waals surface area (Å²) in [4.78, 5) is 38.1. The molecule has 0 amide bonds. The fourth-order valence-electron chi connectivity index (χ4n) is 6.66. The molecule has 4 nitrogen and oxygen atoms in total. The van der Waals surface area contributed by atoms with E-state index in [0.29, 0.717) is 19.3 Å². The van der Waals surface area contributed by atoms with Gasteiger partial charge in [0.2, 0.25) is 0 Å². The second-order valence-corrected chi connectivity index (χ2v) is 9.60. The maximum Gasteiger partial charge on any atom is 0.155 e. The highest BCUT2D eigenvalue weighted by Crippen LogP contribution is 2.68. The van der Waals surface area contributed by atoms with Crippen LogP contribution in [0.2, 0.25) is 0 Å². The van der Waals surface area contributed by atoms with Gasteiger partial charge in [0, 0.05) is 30.1 Å². The Bertz CT molecular complexity index is 698. The van der Waals surface area contributed by atoms with Gasteiger partial charge >= 0.3 is 0 Å². The lowest BCUT2D eigenvalue weighted by Gasteiger charge is -2.63. The van der Waals surface area contributed by atoms with E-state index < -0.39 is 15.6 Å². The lowest BCUT2D eigenvalue weighted by molar-refractivity contribution is -0.148. The molecular formula is C20H26O4S. The van der Waals surface area contributed by atoms with E-state index in [9.17, 15) is 19.5 Å². The minimum Gasteiger partial charge on any atom is -0.395 e. The predicted molar refractivity (Wildman–Crippen MR) is 96.3 cm³/mol. The Balaban J connectivity index is 1.91. The van der Waals surface area contributed by atoms with Crippen molar-refractivity contribution < 1.29 is 19.5 Å². The van der Waals surface area contributed by atoms with Crippen molar-refractivity contribution >= 4 is 29.1 Å². The Morgan fingerprint density at radius 3 is 2.52 bits per heavy atom. The van der Waals surface area contributed by atoms with Gasteiger partial charge in [0.1, 0.15) is 5.78 Å². The van der Waals surface area contributed by atoms with Crippen molar-refractivity contribution in [3.8, 4) is 0 Å². The number of thioether (sulfide) groups is 1. The molecule has 0 saturated heterocycles. The first-order chi connectivity index (χ1) is 11.9. The molecule has 4 aliphatic carbocycles. The van der Waals surface area contributed by atoms with Crippen molar-refractivity contribution in [2.24, 2.45) is 22.7 Å². The van der Waals surface area contributed by atoms with Gasteiger partial charge in [0.25, 0.3) is 0 Å². The van der Waals surface area contributed by atoms with Gasteiger partial charge in [-0.1, -0.05) is 12.5 Å². The molecule has 4 aliphatic rings. The largest absolute Gasteiger partial charge is 0.395 e. The van der Waals surface area contributed by atoms with Crippen LogP contribution in [0, 0.1) is 22.7 Å². The van der Waals surface area contributed by atoms with Crippen LogP contribution in [0.25, 0.3) is 0 Å². The summed E-state index contributed by atoms with van der Waals surface area (Å²) in [6.07, 6.45) is 7.93. The Morgan fingerprint density at radius 1 is 1.12 bits per heavy atom. The van der Waals surface area contributed by atoms with E-state index in [1.54, 1.807) is 17.8 Å². The van der Waals surface area contributed by atoms with Crippen LogP contribution in [0.4, 0.5) is 0 Å². The topological polar surface area (TPSA) is 71.4 Å². The average Bonchev–Trinajstić information content (AvgIpc) is 2.88. The van der Waals surface area contributed by atoms with Crippen molar-refractivity contribution in [2.75, 3.05) is 12.9 Å². The van der Waals surface area contributed by atoms with E-state index in [1.807, 2.05) is 13.2 Å². The second-order valence-electron chi connectivity index (χ2n) is 8.55. The van der Waals surface area contributed by atoms with Crippen LogP contribution >= 0.6 is 11.8 Å². The zero-order chi connectivity index (χ0) is 18.0. The summed E-state index contributed by atoms with van der Waals surface area (Å²) in [6, 6.07) is 0. The van der Waals surface area contributed by atoms with Crippen LogP contribution in [0.3, 0.4) is 0 Å². The average molecular weight is 362 g/mol. The molecule has 0 heterocycles. The van der Waals surface area contributed by atoms with Gasteiger partial charge in [0.15, 0.2) is 11.6 Å². The molecule has 0 unspecified atom stereocenters. The smallest absolute Gasteiger partial charge is 0.155 e. The number of hydrogen-bond donors (Lipinski definition) is 1. The van der Waals surface area contributed by atoms with E-state index in [4.69, 9.17) is 0 Å². The SMILES string of the molecule is CS[C@]12C(=O)C[C@]3(C)C(=O)CC[C@H]3[C@@H]1CCC1=CC(=O)CC[C@@]12CO. The van der Waals surface area contributed by atoms with Crippen molar-refractivity contribution in [1.29, 1.82) is 0 Å². The van der Waals surface area contributed by atoms with Gasteiger partial charge in [-0.2, -0.15) is 0 Å². The van der Waals surface area contributed by atoms with Crippen LogP contribution in [0.1, 0.15) is 51.9 Å². The molecule has 25 heavy (non-hydrogen) atoms. The number of fused-ring (bicyclic) bond motifs is 5. The molecule has 0 bridgehead atoms. The number of carbonyl (C=O) groups is 3. The molecule has 136 valence electrons. The number of Topliss-reactive ketones (excluding diaryl/α,β-unsaturated/α-hetero) is 2. The van der Waals surface area contributed by atoms with E-state index in [-0.39, 0.29) is 42.2 Å². The van der Waals surface area contributed by atoms with E-state index in [2.05, 4.69) is 0 Å². The molecule has 1 N–H and O–H groups in total. The predicted octanol–water partition coefficient (Wildman–Crippen LogP) is 2.72. The fraction of sp³-hybridized carbons (Fsp3) is 0.750. The highest BCUT2D eigenvalue weighted by Gasteiger charge is 2.71. The van der Waals surface area contributed by atoms with Crippen molar-refractivity contribution in [3.63, 3.8) is 0 Å². The molecule has 0 spiro atoms. The zero-order valence-electron chi connectivity index (χ0n) is 15.0. The number of aliphatic hydroxyl groups is 1. The second kappa shape index (κ2) is 5.53. The number of rotatable bonds is 2. The molecule has 4 rings (SSSR count). The van der Waals surface area contributed by atoms with E-state index >= 15 is 0 Å². The molecule has 0 aromatic heterocycles. The van der Waals surface area contributed by atoms with Gasteiger partial charge in [-0.25, -0.2) is 0 Å². The summed E-state index contributed by atoms with van der Waals surface area (Å²) >= 11 is 1.57. The Morgan fingerprint density at radius 2 is 1.84 bits per heavy atom. The number of aliphatic hydroxyl groups excluding tert-OH is 1. The molecule has 3 saturated carbocycles. The number of ketones is 3. The van der Waals surface area contributed by atoms with Gasteiger partial charge in [-0.05, 0) is 49.9 Å². The van der Waals surface area contributed by atoms with Gasteiger partial charge in [-0.15, -0.1) is 11.8 Å². The molecule has 5 atom stereocenters. The van der Waals surface area contributed by atoms with Crippen molar-refractivity contribution in [2.45, 2.75) is 56.6 Å². The number of carbonyl (C=O) groups excluding carboxylic acids is 3. The van der Waals surface area contributed by atoms with Crippen LogP contribution in [0.5, 0.6) is 0 Å². The molecule has 3 fully saturated rings. The molecule has 5 heteroatoms. The van der Waals surface area contributed by atoms with Crippen molar-refractivity contribution in [3.05, 3.63) is 11.6 Å². The van der Waals surface area contributed by atoms with Crippen LogP contribution in [-0.2, 0) is 14.4 Å². The minimum absolute atomic E-state index is 0.0907. The maximum atomic E-state index is 13.6. The van der Waals surface area contributed by atoms with Crippen LogP contribution in [0.15, 0.2) is 11.6 Å². The summed E-state index contributed by atoms with van der Waals surface area (Å²) in [7, 11) is 0. The third kappa shape index (κ3) is 1.92. The van der Waals surface area contributed by atoms with E-state index in [0.717, 1.165) is 24.8 Å². The summed E-state index contributed by atoms with van der Waals surface area (Å²) in [6.45, 7) is 1.89. The van der Waals surface area contributed by atoms with E-state index in [1.165, 1.54) is 0 Å².